The fraction of sp³-hybridized carbons (Fsp3) is 0.250. The zero-order valence-electron chi connectivity index (χ0n) is 11.3. The second-order valence-corrected chi connectivity index (χ2v) is 8.11. The third kappa shape index (κ3) is 2.99. The van der Waals surface area contributed by atoms with Gasteiger partial charge in [-0.15, -0.1) is 0 Å². The molecule has 1 unspecified atom stereocenters. The van der Waals surface area contributed by atoms with Gasteiger partial charge in [0.2, 0.25) is 0 Å². The molecule has 0 aliphatic rings. The summed E-state index contributed by atoms with van der Waals surface area (Å²) in [6.45, 7) is 2.98. The maximum absolute atomic E-state index is 12.5. The molecular weight excluding hydrogens is 316 g/mol. The lowest BCUT2D eigenvalue weighted by Crippen LogP contribution is -2.20. The van der Waals surface area contributed by atoms with Crippen molar-refractivity contribution in [2.75, 3.05) is 0 Å². The SMILES string of the molecule is Cc1ccc(S(=O)(=O)n2ccnc2C(C)S(=O)(=O)O)cc1. The lowest BCUT2D eigenvalue weighted by Gasteiger charge is -2.12. The molecule has 0 saturated carbocycles. The van der Waals surface area contributed by atoms with Gasteiger partial charge < -0.3 is 0 Å². The van der Waals surface area contributed by atoms with Crippen LogP contribution in [-0.4, -0.2) is 30.3 Å². The van der Waals surface area contributed by atoms with Gasteiger partial charge >= 0.3 is 0 Å². The molecule has 0 spiro atoms. The van der Waals surface area contributed by atoms with Crippen molar-refractivity contribution in [2.45, 2.75) is 24.0 Å². The first kappa shape index (κ1) is 15.7. The number of rotatable bonds is 4. The minimum atomic E-state index is -4.45. The molecule has 0 aliphatic carbocycles. The Morgan fingerprint density at radius 2 is 1.71 bits per heavy atom. The Hall–Kier alpha value is -1.71. The van der Waals surface area contributed by atoms with Gasteiger partial charge in [0, 0.05) is 12.4 Å². The van der Waals surface area contributed by atoms with E-state index in [1.54, 1.807) is 12.1 Å². The lowest BCUT2D eigenvalue weighted by atomic mass is 10.2. The third-order valence-corrected chi connectivity index (χ3v) is 5.82. The number of nitrogens with zero attached hydrogens (tertiary/aromatic N) is 2. The molecule has 0 radical (unpaired) electrons. The predicted molar refractivity (Wildman–Crippen MR) is 76.0 cm³/mol. The summed E-state index contributed by atoms with van der Waals surface area (Å²) >= 11 is 0. The van der Waals surface area contributed by atoms with E-state index >= 15 is 0 Å². The van der Waals surface area contributed by atoms with Gasteiger partial charge in [-0.25, -0.2) is 17.4 Å². The van der Waals surface area contributed by atoms with Gasteiger partial charge in [0.15, 0.2) is 0 Å². The van der Waals surface area contributed by atoms with Crippen molar-refractivity contribution in [1.29, 1.82) is 0 Å². The van der Waals surface area contributed by atoms with E-state index in [1.807, 2.05) is 6.92 Å². The Morgan fingerprint density at radius 1 is 1.14 bits per heavy atom. The monoisotopic (exact) mass is 330 g/mol. The van der Waals surface area contributed by atoms with E-state index in [-0.39, 0.29) is 10.7 Å². The summed E-state index contributed by atoms with van der Waals surface area (Å²) < 4.78 is 57.2. The van der Waals surface area contributed by atoms with Gasteiger partial charge in [-0.05, 0) is 26.0 Å². The average molecular weight is 330 g/mol. The summed E-state index contributed by atoms with van der Waals surface area (Å²) in [4.78, 5) is 3.75. The molecule has 1 aromatic heterocycles. The van der Waals surface area contributed by atoms with Crippen LogP contribution in [0.2, 0.25) is 0 Å². The van der Waals surface area contributed by atoms with E-state index in [1.165, 1.54) is 25.3 Å². The van der Waals surface area contributed by atoms with Crippen molar-refractivity contribution < 1.29 is 21.4 Å². The first-order valence-electron chi connectivity index (χ1n) is 5.96. The van der Waals surface area contributed by atoms with Crippen LogP contribution < -0.4 is 0 Å². The smallest absolute Gasteiger partial charge is 0.274 e. The number of hydrogen-bond acceptors (Lipinski definition) is 5. The van der Waals surface area contributed by atoms with Crippen molar-refractivity contribution >= 4 is 20.1 Å². The van der Waals surface area contributed by atoms with E-state index in [0.29, 0.717) is 0 Å². The number of benzene rings is 1. The molecule has 0 amide bonds. The second kappa shape index (κ2) is 5.24. The zero-order chi connectivity index (χ0) is 15.8. The van der Waals surface area contributed by atoms with Crippen LogP contribution in [0.5, 0.6) is 0 Å². The molecule has 2 rings (SSSR count). The molecule has 1 atom stereocenters. The van der Waals surface area contributed by atoms with Gasteiger partial charge in [-0.2, -0.15) is 8.42 Å². The van der Waals surface area contributed by atoms with Gasteiger partial charge in [-0.1, -0.05) is 17.7 Å². The Labute approximate surface area is 123 Å². The molecule has 1 aromatic carbocycles. The van der Waals surface area contributed by atoms with Crippen molar-refractivity contribution in [1.82, 2.24) is 8.96 Å². The van der Waals surface area contributed by atoms with Gasteiger partial charge in [0.25, 0.3) is 20.1 Å². The highest BCUT2D eigenvalue weighted by molar-refractivity contribution is 7.90. The number of imidazole rings is 1. The third-order valence-electron chi connectivity index (χ3n) is 3.02. The van der Waals surface area contributed by atoms with Gasteiger partial charge in [-0.3, -0.25) is 4.55 Å². The Kier molecular flexibility index (Phi) is 3.91. The van der Waals surface area contributed by atoms with E-state index in [2.05, 4.69) is 4.98 Å². The molecule has 9 heteroatoms. The van der Waals surface area contributed by atoms with Crippen LogP contribution in [0.25, 0.3) is 0 Å². The summed E-state index contributed by atoms with van der Waals surface area (Å²) in [6.07, 6.45) is 2.31. The van der Waals surface area contributed by atoms with E-state index in [9.17, 15) is 16.8 Å². The molecule has 1 heterocycles. The van der Waals surface area contributed by atoms with Crippen LogP contribution in [0.4, 0.5) is 0 Å². The maximum Gasteiger partial charge on any atom is 0.274 e. The van der Waals surface area contributed by atoms with Gasteiger partial charge in [0.1, 0.15) is 11.1 Å². The standard InChI is InChI=1S/C12H14N2O5S2/c1-9-3-5-11(6-4-9)20(15,16)14-8-7-13-12(14)10(2)21(17,18)19/h3-8,10H,1-2H3,(H,17,18,19). The molecular formula is C12H14N2O5S2. The summed E-state index contributed by atoms with van der Waals surface area (Å²) in [7, 11) is -8.41. The first-order valence-corrected chi connectivity index (χ1v) is 8.90. The van der Waals surface area contributed by atoms with Crippen molar-refractivity contribution in [3.8, 4) is 0 Å². The summed E-state index contributed by atoms with van der Waals surface area (Å²) in [6, 6.07) is 6.12. The van der Waals surface area contributed by atoms with Crippen LogP contribution in [0.15, 0.2) is 41.6 Å². The second-order valence-electron chi connectivity index (χ2n) is 4.56. The van der Waals surface area contributed by atoms with Crippen LogP contribution in [-0.2, 0) is 20.1 Å². The Morgan fingerprint density at radius 3 is 2.24 bits per heavy atom. The lowest BCUT2D eigenvalue weighted by molar-refractivity contribution is 0.469. The first-order chi connectivity index (χ1) is 9.64. The van der Waals surface area contributed by atoms with Gasteiger partial charge in [0.05, 0.1) is 4.90 Å². The van der Waals surface area contributed by atoms with Crippen molar-refractivity contribution in [3.63, 3.8) is 0 Å². The predicted octanol–water partition coefficient (Wildman–Crippen LogP) is 1.38. The molecule has 7 nitrogen and oxygen atoms in total. The molecule has 0 fully saturated rings. The molecule has 21 heavy (non-hydrogen) atoms. The summed E-state index contributed by atoms with van der Waals surface area (Å²) in [5.41, 5.74) is 0.895. The molecule has 2 aromatic rings. The molecule has 1 N–H and O–H groups in total. The topological polar surface area (TPSA) is 106 Å². The summed E-state index contributed by atoms with van der Waals surface area (Å²) in [5.74, 6) is -0.266. The number of aromatic nitrogens is 2. The molecule has 0 aliphatic heterocycles. The molecule has 0 saturated heterocycles. The number of hydrogen-bond donors (Lipinski definition) is 1. The minimum absolute atomic E-state index is 0.00916. The zero-order valence-corrected chi connectivity index (χ0v) is 13.0. The highest BCUT2D eigenvalue weighted by Crippen LogP contribution is 2.23. The fourth-order valence-corrected chi connectivity index (χ4v) is 3.63. The van der Waals surface area contributed by atoms with Crippen molar-refractivity contribution in [2.24, 2.45) is 0 Å². The highest BCUT2D eigenvalue weighted by atomic mass is 32.2. The van der Waals surface area contributed by atoms with Crippen molar-refractivity contribution in [3.05, 3.63) is 48.0 Å². The fourth-order valence-electron chi connectivity index (χ4n) is 1.75. The average Bonchev–Trinajstić information content (AvgIpc) is 2.87. The minimum Gasteiger partial charge on any atom is -0.285 e. The largest absolute Gasteiger partial charge is 0.285 e. The maximum atomic E-state index is 12.5. The normalized spacial score (nSPS) is 14.0. The van der Waals surface area contributed by atoms with Crippen LogP contribution in [0, 0.1) is 6.92 Å². The molecule has 0 bridgehead atoms. The summed E-state index contributed by atoms with van der Waals surface area (Å²) in [5, 5.41) is -1.45. The Bertz CT molecular complexity index is 851. The Balaban J connectivity index is 2.58. The highest BCUT2D eigenvalue weighted by Gasteiger charge is 2.29. The molecule has 114 valence electrons. The van der Waals surface area contributed by atoms with E-state index in [4.69, 9.17) is 4.55 Å². The van der Waals surface area contributed by atoms with E-state index < -0.39 is 25.4 Å². The van der Waals surface area contributed by atoms with Crippen LogP contribution >= 0.6 is 0 Å². The van der Waals surface area contributed by atoms with E-state index in [0.717, 1.165) is 15.7 Å². The quantitative estimate of drug-likeness (QED) is 0.849. The number of aryl methyl sites for hydroxylation is 1. The van der Waals surface area contributed by atoms with Crippen LogP contribution in [0.3, 0.4) is 0 Å². The van der Waals surface area contributed by atoms with Crippen LogP contribution in [0.1, 0.15) is 23.6 Å².